The lowest BCUT2D eigenvalue weighted by molar-refractivity contribution is 0.00783. The Morgan fingerprint density at radius 2 is 1.46 bits per heavy atom. The number of hydrogen-bond acceptors (Lipinski definition) is 2. The molecule has 28 heavy (non-hydrogen) atoms. The van der Waals surface area contributed by atoms with Gasteiger partial charge in [-0.05, 0) is 33.2 Å². The van der Waals surface area contributed by atoms with Gasteiger partial charge in [0.25, 0.3) is 0 Å². The van der Waals surface area contributed by atoms with Crippen LogP contribution in [0.5, 0.6) is 0 Å². The second-order valence-electron chi connectivity index (χ2n) is 8.62. The van der Waals surface area contributed by atoms with E-state index < -0.39 is 0 Å². The zero-order valence-corrected chi connectivity index (χ0v) is 16.3. The molecule has 1 atom stereocenters. The lowest BCUT2D eigenvalue weighted by Gasteiger charge is -2.26. The lowest BCUT2D eigenvalue weighted by Crippen LogP contribution is -2.18. The van der Waals surface area contributed by atoms with Crippen LogP contribution in [0.2, 0.25) is 0 Å². The van der Waals surface area contributed by atoms with Gasteiger partial charge in [-0.2, -0.15) is 0 Å². The lowest BCUT2D eigenvalue weighted by atomic mass is 9.80. The predicted octanol–water partition coefficient (Wildman–Crippen LogP) is 6.92. The van der Waals surface area contributed by atoms with Gasteiger partial charge in [-0.1, -0.05) is 87.5 Å². The van der Waals surface area contributed by atoms with E-state index >= 15 is 0 Å². The van der Waals surface area contributed by atoms with Gasteiger partial charge >= 0.3 is 5.97 Å². The van der Waals surface area contributed by atoms with Crippen molar-refractivity contribution in [3.05, 3.63) is 83.9 Å². The molecule has 4 aromatic carbocycles. The van der Waals surface area contributed by atoms with E-state index in [1.54, 1.807) is 0 Å². The van der Waals surface area contributed by atoms with Crippen molar-refractivity contribution in [2.45, 2.75) is 26.9 Å². The fourth-order valence-electron chi connectivity index (χ4n) is 4.38. The minimum absolute atomic E-state index is 0.173. The number of carbonyl (C=O) groups is 1. The fraction of sp³-hybridized carbons (Fsp3) is 0.192. The molecule has 1 aliphatic heterocycles. The van der Waals surface area contributed by atoms with Crippen molar-refractivity contribution in [1.82, 2.24) is 0 Å². The monoisotopic (exact) mass is 366 g/mol. The summed E-state index contributed by atoms with van der Waals surface area (Å²) in [5, 5.41) is 4.66. The first-order valence-corrected chi connectivity index (χ1v) is 9.70. The summed E-state index contributed by atoms with van der Waals surface area (Å²) in [7, 11) is 0. The van der Waals surface area contributed by atoms with Crippen LogP contribution in [-0.4, -0.2) is 5.97 Å². The molecule has 0 radical (unpaired) electrons. The molecule has 5 rings (SSSR count). The molecular weight excluding hydrogens is 344 g/mol. The van der Waals surface area contributed by atoms with Gasteiger partial charge in [0.2, 0.25) is 0 Å². The highest BCUT2D eigenvalue weighted by Gasteiger charge is 2.41. The SMILES string of the molecule is CC(C)(C)C1OC(=O)c2c1cc1c(ccc3ccccc31)c2-c1ccccc1. The van der Waals surface area contributed by atoms with Gasteiger partial charge < -0.3 is 4.74 Å². The van der Waals surface area contributed by atoms with Crippen molar-refractivity contribution in [2.24, 2.45) is 5.41 Å². The Labute approximate surface area is 164 Å². The van der Waals surface area contributed by atoms with E-state index in [-0.39, 0.29) is 17.5 Å². The van der Waals surface area contributed by atoms with Gasteiger partial charge in [-0.15, -0.1) is 0 Å². The Morgan fingerprint density at radius 3 is 2.21 bits per heavy atom. The average Bonchev–Trinajstić information content (AvgIpc) is 3.03. The zero-order chi connectivity index (χ0) is 19.5. The van der Waals surface area contributed by atoms with E-state index in [4.69, 9.17) is 4.74 Å². The quantitative estimate of drug-likeness (QED) is 0.270. The number of benzene rings is 4. The van der Waals surface area contributed by atoms with E-state index in [9.17, 15) is 4.79 Å². The minimum atomic E-state index is -0.249. The normalized spacial score (nSPS) is 16.4. The summed E-state index contributed by atoms with van der Waals surface area (Å²) in [6.45, 7) is 6.36. The molecule has 1 aliphatic rings. The van der Waals surface area contributed by atoms with Crippen LogP contribution in [0, 0.1) is 5.41 Å². The van der Waals surface area contributed by atoms with Crippen molar-refractivity contribution in [1.29, 1.82) is 0 Å². The van der Waals surface area contributed by atoms with Crippen LogP contribution >= 0.6 is 0 Å². The number of cyclic esters (lactones) is 1. The topological polar surface area (TPSA) is 26.3 Å². The molecule has 2 heteroatoms. The maximum atomic E-state index is 13.0. The van der Waals surface area contributed by atoms with Crippen molar-refractivity contribution in [3.63, 3.8) is 0 Å². The first kappa shape index (κ1) is 17.0. The molecular formula is C26H22O2. The standard InChI is InChI=1S/C26H22O2/c1-26(2,3)24-21-15-20-18-12-8-7-9-16(18)13-14-19(20)22(23(21)25(27)28-24)17-10-5-4-6-11-17/h4-15,24H,1-3H3. The Hall–Kier alpha value is -3.13. The molecule has 0 fully saturated rings. The molecule has 4 aromatic rings. The number of hydrogen-bond donors (Lipinski definition) is 0. The third-order valence-electron chi connectivity index (χ3n) is 5.64. The number of fused-ring (bicyclic) bond motifs is 4. The van der Waals surface area contributed by atoms with Gasteiger partial charge in [0.05, 0.1) is 5.56 Å². The molecule has 1 heterocycles. The van der Waals surface area contributed by atoms with Crippen molar-refractivity contribution in [3.8, 4) is 11.1 Å². The highest BCUT2D eigenvalue weighted by Crippen LogP contribution is 2.49. The van der Waals surface area contributed by atoms with Crippen LogP contribution in [0.1, 0.15) is 42.8 Å². The first-order chi connectivity index (χ1) is 13.4. The molecule has 2 nitrogen and oxygen atoms in total. The second kappa shape index (κ2) is 5.93. The molecule has 0 spiro atoms. The molecule has 0 aromatic heterocycles. The highest BCUT2D eigenvalue weighted by molar-refractivity contribution is 6.17. The van der Waals surface area contributed by atoms with E-state index in [0.29, 0.717) is 5.56 Å². The van der Waals surface area contributed by atoms with Crippen molar-refractivity contribution in [2.75, 3.05) is 0 Å². The van der Waals surface area contributed by atoms with Crippen LogP contribution in [0.25, 0.3) is 32.7 Å². The van der Waals surface area contributed by atoms with Gasteiger partial charge in [-0.3, -0.25) is 0 Å². The van der Waals surface area contributed by atoms with Crippen LogP contribution in [0.4, 0.5) is 0 Å². The van der Waals surface area contributed by atoms with E-state index in [0.717, 1.165) is 22.1 Å². The Balaban J connectivity index is 1.97. The van der Waals surface area contributed by atoms with Gasteiger partial charge in [0.1, 0.15) is 6.10 Å². The van der Waals surface area contributed by atoms with Crippen LogP contribution < -0.4 is 0 Å². The maximum Gasteiger partial charge on any atom is 0.339 e. The summed E-state index contributed by atoms with van der Waals surface area (Å²) in [6.07, 6.45) is -0.249. The molecule has 1 unspecified atom stereocenters. The van der Waals surface area contributed by atoms with Crippen molar-refractivity contribution >= 4 is 27.5 Å². The summed E-state index contributed by atoms with van der Waals surface area (Å²) in [5.41, 5.74) is 3.57. The summed E-state index contributed by atoms with van der Waals surface area (Å²) in [4.78, 5) is 13.0. The Bertz CT molecular complexity index is 1230. The molecule has 0 saturated carbocycles. The number of ether oxygens (including phenoxy) is 1. The molecule has 0 N–H and O–H groups in total. The number of carbonyl (C=O) groups excluding carboxylic acids is 1. The van der Waals surface area contributed by atoms with E-state index in [1.165, 1.54) is 16.2 Å². The molecule has 138 valence electrons. The molecule has 0 saturated heterocycles. The average molecular weight is 366 g/mol. The first-order valence-electron chi connectivity index (χ1n) is 9.70. The Kier molecular flexibility index (Phi) is 3.60. The molecule has 0 bridgehead atoms. The summed E-state index contributed by atoms with van der Waals surface area (Å²) >= 11 is 0. The number of esters is 1. The van der Waals surface area contributed by atoms with E-state index in [2.05, 4.69) is 75.4 Å². The van der Waals surface area contributed by atoms with Crippen molar-refractivity contribution < 1.29 is 9.53 Å². The third kappa shape index (κ3) is 2.45. The Morgan fingerprint density at radius 1 is 0.750 bits per heavy atom. The maximum absolute atomic E-state index is 13.0. The second-order valence-corrected chi connectivity index (χ2v) is 8.62. The largest absolute Gasteiger partial charge is 0.453 e. The van der Waals surface area contributed by atoms with Crippen LogP contribution in [-0.2, 0) is 4.74 Å². The van der Waals surface area contributed by atoms with Crippen LogP contribution in [0.15, 0.2) is 72.8 Å². The summed E-state index contributed by atoms with van der Waals surface area (Å²) in [5.74, 6) is -0.219. The minimum Gasteiger partial charge on any atom is -0.453 e. The number of rotatable bonds is 1. The predicted molar refractivity (Wildman–Crippen MR) is 115 cm³/mol. The molecule has 0 aliphatic carbocycles. The zero-order valence-electron chi connectivity index (χ0n) is 16.3. The fourth-order valence-corrected chi connectivity index (χ4v) is 4.38. The van der Waals surface area contributed by atoms with Gasteiger partial charge in [0, 0.05) is 16.5 Å². The highest BCUT2D eigenvalue weighted by atomic mass is 16.5. The summed E-state index contributed by atoms with van der Waals surface area (Å²) in [6, 6.07) is 25.0. The smallest absolute Gasteiger partial charge is 0.339 e. The van der Waals surface area contributed by atoms with Gasteiger partial charge in [-0.25, -0.2) is 4.79 Å². The molecule has 0 amide bonds. The summed E-state index contributed by atoms with van der Waals surface area (Å²) < 4.78 is 5.90. The third-order valence-corrected chi connectivity index (χ3v) is 5.64. The van der Waals surface area contributed by atoms with Crippen LogP contribution in [0.3, 0.4) is 0 Å². The van der Waals surface area contributed by atoms with Gasteiger partial charge in [0.15, 0.2) is 0 Å². The van der Waals surface area contributed by atoms with E-state index in [1.807, 2.05) is 18.2 Å².